The number of aromatic nitrogens is 6. The topological polar surface area (TPSA) is 257 Å². The van der Waals surface area contributed by atoms with Gasteiger partial charge in [0, 0.05) is 49.8 Å². The highest BCUT2D eigenvalue weighted by Crippen LogP contribution is 2.53. The fourth-order valence-corrected chi connectivity index (χ4v) is 9.45. The van der Waals surface area contributed by atoms with E-state index in [0.717, 1.165) is 53.0 Å². The number of likely N-dealkylation sites (N-methyl/N-ethyl adjacent to an activating group) is 1. The Hall–Kier alpha value is -6.40. The van der Waals surface area contributed by atoms with E-state index >= 15 is 0 Å². The summed E-state index contributed by atoms with van der Waals surface area (Å²) in [5, 5.41) is 68.4. The second kappa shape index (κ2) is 17.8. The van der Waals surface area contributed by atoms with Crippen molar-refractivity contribution in [3.8, 4) is 28.3 Å². The molecule has 2 aromatic heterocycles. The van der Waals surface area contributed by atoms with Crippen LogP contribution in [0, 0.1) is 11.8 Å². The summed E-state index contributed by atoms with van der Waals surface area (Å²) in [6, 6.07) is 18.3. The van der Waals surface area contributed by atoms with Crippen molar-refractivity contribution in [2.45, 2.75) is 63.8 Å². The van der Waals surface area contributed by atoms with Gasteiger partial charge in [-0.05, 0) is 78.9 Å². The molecule has 0 unspecified atom stereocenters. The highest BCUT2D eigenvalue weighted by Gasteiger charge is 2.64. The van der Waals surface area contributed by atoms with Crippen LogP contribution >= 0.6 is 11.6 Å². The minimum absolute atomic E-state index is 0.0638. The molecular formula is C45H50ClN9O8. The van der Waals surface area contributed by atoms with E-state index in [2.05, 4.69) is 56.8 Å². The lowest BCUT2D eigenvalue weighted by atomic mass is 9.57. The largest absolute Gasteiger partial charge is 0.508 e. The number of unbranched alkanes of at least 4 members (excludes halogenated alkanes) is 1. The lowest BCUT2D eigenvalue weighted by Crippen LogP contribution is -2.65. The van der Waals surface area contributed by atoms with Crippen LogP contribution in [0.15, 0.2) is 77.6 Å². The highest BCUT2D eigenvalue weighted by atomic mass is 35.5. The molecule has 0 aliphatic heterocycles. The maximum Gasteiger partial charge on any atom is 0.255 e. The number of aliphatic hydroxyl groups excluding tert-OH is 3. The number of nitrogens with one attached hydrogen (secondary N) is 1. The number of halogens is 1. The van der Waals surface area contributed by atoms with Gasteiger partial charge in [0.15, 0.2) is 16.5 Å². The van der Waals surface area contributed by atoms with Gasteiger partial charge in [0.05, 0.1) is 23.9 Å². The quantitative estimate of drug-likeness (QED) is 0.0914. The summed E-state index contributed by atoms with van der Waals surface area (Å²) in [7, 11) is 6.75. The van der Waals surface area contributed by atoms with Crippen molar-refractivity contribution in [2.75, 3.05) is 33.1 Å². The Kier molecular flexibility index (Phi) is 12.6. The molecule has 8 rings (SSSR count). The first-order valence-corrected chi connectivity index (χ1v) is 20.9. The summed E-state index contributed by atoms with van der Waals surface area (Å²) < 4.78 is 2.03. The van der Waals surface area contributed by atoms with E-state index in [4.69, 9.17) is 17.3 Å². The molecule has 2 heterocycles. The average Bonchev–Trinajstić information content (AvgIpc) is 3.89. The molecule has 63 heavy (non-hydrogen) atoms. The summed E-state index contributed by atoms with van der Waals surface area (Å²) in [6.45, 7) is 2.63. The van der Waals surface area contributed by atoms with Gasteiger partial charge in [-0.2, -0.15) is 5.21 Å². The van der Waals surface area contributed by atoms with Crippen LogP contribution in [0.5, 0.6) is 5.75 Å². The fourth-order valence-electron chi connectivity index (χ4n) is 9.19. The van der Waals surface area contributed by atoms with Crippen molar-refractivity contribution < 1.29 is 39.9 Å². The number of hydrogen-bond acceptors (Lipinski definition) is 14. The van der Waals surface area contributed by atoms with Crippen LogP contribution in [-0.2, 0) is 40.4 Å². The Bertz CT molecular complexity index is 2640. The highest BCUT2D eigenvalue weighted by molar-refractivity contribution is 6.30. The molecule has 4 atom stereocenters. The third-order valence-electron chi connectivity index (χ3n) is 12.2. The molecule has 1 fully saturated rings. The van der Waals surface area contributed by atoms with Gasteiger partial charge >= 0.3 is 0 Å². The van der Waals surface area contributed by atoms with Crippen molar-refractivity contribution in [3.63, 3.8) is 0 Å². The first kappa shape index (κ1) is 44.6. The number of Topliss-reactive ketones (excluding diaryl/α,β-unsaturated/α-hetero) is 2. The monoisotopic (exact) mass is 879 g/mol. The number of aliphatic hydroxyl groups is 4. The summed E-state index contributed by atoms with van der Waals surface area (Å²) >= 11 is 6.26. The van der Waals surface area contributed by atoms with Gasteiger partial charge in [-0.25, -0.2) is 4.98 Å². The van der Waals surface area contributed by atoms with Crippen LogP contribution in [0.2, 0.25) is 5.15 Å². The normalized spacial score (nSPS) is 20.6. The van der Waals surface area contributed by atoms with Crippen molar-refractivity contribution in [1.29, 1.82) is 0 Å². The number of carbonyl (C=O) groups excluding carboxylic acids is 3. The van der Waals surface area contributed by atoms with E-state index in [-0.39, 0.29) is 36.3 Å². The number of imidazole rings is 1. The van der Waals surface area contributed by atoms with E-state index in [9.17, 15) is 39.9 Å². The minimum atomic E-state index is -2.63. The van der Waals surface area contributed by atoms with Crippen LogP contribution < -0.4 is 10.6 Å². The second-order valence-electron chi connectivity index (χ2n) is 16.4. The number of carbonyl (C=O) groups is 3. The molecule has 18 heteroatoms. The maximum absolute atomic E-state index is 13.7. The molecule has 1 amide bonds. The number of benzene rings is 3. The smallest absolute Gasteiger partial charge is 0.255 e. The maximum atomic E-state index is 13.7. The summed E-state index contributed by atoms with van der Waals surface area (Å²) in [5.41, 5.74) is 7.94. The van der Waals surface area contributed by atoms with Crippen LogP contribution in [0.1, 0.15) is 54.4 Å². The number of rotatable bonds is 11. The van der Waals surface area contributed by atoms with Crippen LogP contribution in [0.25, 0.3) is 28.3 Å². The van der Waals surface area contributed by atoms with Crippen molar-refractivity contribution in [2.24, 2.45) is 17.6 Å². The molecule has 5 aromatic rings. The number of fused-ring (bicyclic) bond motifs is 3. The number of phenolic OH excluding ortho intramolecular Hbond substituents is 1. The zero-order valence-corrected chi connectivity index (χ0v) is 36.3. The Labute approximate surface area is 368 Å². The molecule has 1 saturated carbocycles. The van der Waals surface area contributed by atoms with Gasteiger partial charge < -0.3 is 40.7 Å². The average molecular weight is 880 g/mol. The number of hydrogen-bond donors (Lipinski definition) is 7. The third-order valence-corrected chi connectivity index (χ3v) is 12.5. The molecule has 0 bridgehead atoms. The number of H-pyrrole nitrogens is 1. The lowest BCUT2D eigenvalue weighted by Gasteiger charge is -2.50. The molecule has 17 nitrogen and oxygen atoms in total. The fraction of sp³-hybridized carbons (Fsp3) is 0.356. The third kappa shape index (κ3) is 7.86. The minimum Gasteiger partial charge on any atom is -0.508 e. The van der Waals surface area contributed by atoms with Gasteiger partial charge in [-0.3, -0.25) is 19.3 Å². The van der Waals surface area contributed by atoms with Crippen LogP contribution in [0.4, 0.5) is 5.69 Å². The summed E-state index contributed by atoms with van der Waals surface area (Å²) in [5.74, 6) is -5.06. The number of tetrazole rings is 1. The second-order valence-corrected chi connectivity index (χ2v) is 16.8. The lowest BCUT2D eigenvalue weighted by molar-refractivity contribution is -0.153. The van der Waals surface area contributed by atoms with Crippen LogP contribution in [0.3, 0.4) is 0 Å². The standard InChI is InChI=1S/C23H27N3O7.C22H23ClN6O/c1-25(2)12-5-6-13(27)15-10(12)7-9-8-11-17(26(3)4)19(29)16(22(24)32)21(31)23(11,33)20(30)14(9)18(15)28;1-2-3-8-20-24-21(23)19(14-30)29(20)13-15-9-11-16(12-10-15)17-6-4-5-7-18(17)22-25-27-28-26-22/h5-6,9,11,17,27-28,31,33H,7-8H2,1-4H3,(H2,24,32);4-7,9-12,30H,2-3,8,13-14H2,1H3,(H,25,26,27,28)/t9-,11-,17-,23-;/m0./s1. The molecule has 0 saturated heterocycles. The summed E-state index contributed by atoms with van der Waals surface area (Å²) in [6.07, 6.45) is 3.27. The zero-order valence-electron chi connectivity index (χ0n) is 35.5. The number of primary amides is 1. The predicted octanol–water partition coefficient (Wildman–Crippen LogP) is 4.30. The molecular weight excluding hydrogens is 830 g/mol. The van der Waals surface area contributed by atoms with E-state index in [1.54, 1.807) is 20.2 Å². The molecule has 0 radical (unpaired) electrons. The van der Waals surface area contributed by atoms with E-state index < -0.39 is 58.0 Å². The number of aromatic hydroxyl groups is 1. The molecule has 3 aromatic carbocycles. The number of phenols is 1. The van der Waals surface area contributed by atoms with Gasteiger partial charge in [-0.1, -0.05) is 73.5 Å². The predicted molar refractivity (Wildman–Crippen MR) is 234 cm³/mol. The van der Waals surface area contributed by atoms with Gasteiger partial charge in [0.2, 0.25) is 11.6 Å². The molecule has 8 N–H and O–H groups in total. The van der Waals surface area contributed by atoms with E-state index in [0.29, 0.717) is 28.8 Å². The van der Waals surface area contributed by atoms with Crippen molar-refractivity contribution in [3.05, 3.63) is 111 Å². The van der Waals surface area contributed by atoms with Gasteiger partial charge in [0.1, 0.15) is 28.7 Å². The number of aryl methyl sites for hydroxylation is 1. The van der Waals surface area contributed by atoms with E-state index in [1.165, 1.54) is 11.0 Å². The van der Waals surface area contributed by atoms with E-state index in [1.807, 2.05) is 47.8 Å². The SMILES string of the molecule is CCCCc1nc(Cl)c(CO)n1Cc1ccc(-c2ccccc2-c2nn[nH]n2)cc1.CN(C)c1ccc(O)c2c1C[C@H]1C[C@H]3[C@H](N(C)C)C(=O)C(C(N)=O)=C(O)[C@@]3(O)C(=O)C1=C2O. The number of nitrogens with two attached hydrogens (primary N) is 1. The molecule has 0 spiro atoms. The number of nitrogens with zero attached hydrogens (tertiary/aromatic N) is 7. The molecule has 3 aliphatic rings. The van der Waals surface area contributed by atoms with Crippen molar-refractivity contribution >= 4 is 40.5 Å². The van der Waals surface area contributed by atoms with Crippen LogP contribution in [-0.4, -0.2) is 118 Å². The molecule has 3 aliphatic carbocycles. The van der Waals surface area contributed by atoms with Gasteiger partial charge in [-0.15, -0.1) is 10.2 Å². The zero-order chi connectivity index (χ0) is 45.5. The first-order valence-electron chi connectivity index (χ1n) is 20.5. The van der Waals surface area contributed by atoms with Gasteiger partial charge in [0.25, 0.3) is 5.91 Å². The van der Waals surface area contributed by atoms with Crippen molar-refractivity contribution in [1.82, 2.24) is 35.1 Å². The Morgan fingerprint density at radius 1 is 1.02 bits per heavy atom. The Balaban J connectivity index is 0.000000190. The number of anilines is 1. The number of amides is 1. The molecule has 330 valence electrons. The Morgan fingerprint density at radius 3 is 2.32 bits per heavy atom. The number of ketones is 2. The first-order chi connectivity index (χ1) is 30.0. The number of aromatic amines is 1. The Morgan fingerprint density at radius 2 is 1.71 bits per heavy atom. The summed E-state index contributed by atoms with van der Waals surface area (Å²) in [4.78, 5) is 46.5.